The SMILES string of the molecule is COc1ccc([N+](=O)[O-])cc1C(=O)OCC(=O)Nc1ccc(C)cc1Cl. The average Bonchev–Trinajstić information content (AvgIpc) is 2.61. The number of benzene rings is 2. The van der Waals surface area contributed by atoms with Crippen molar-refractivity contribution in [2.24, 2.45) is 0 Å². The molecule has 0 aliphatic heterocycles. The van der Waals surface area contributed by atoms with Gasteiger partial charge in [0, 0.05) is 12.1 Å². The molecule has 0 aliphatic rings. The molecule has 1 amide bonds. The highest BCUT2D eigenvalue weighted by molar-refractivity contribution is 6.33. The lowest BCUT2D eigenvalue weighted by Gasteiger charge is -2.10. The number of nitro benzene ring substituents is 1. The molecular formula is C17H15ClN2O6. The largest absolute Gasteiger partial charge is 0.496 e. The molecule has 8 nitrogen and oxygen atoms in total. The number of non-ortho nitro benzene ring substituents is 1. The number of aryl methyl sites for hydroxylation is 1. The maximum Gasteiger partial charge on any atom is 0.342 e. The van der Waals surface area contributed by atoms with E-state index in [1.54, 1.807) is 18.2 Å². The molecule has 0 unspecified atom stereocenters. The molecule has 2 rings (SSSR count). The van der Waals surface area contributed by atoms with Gasteiger partial charge in [0.2, 0.25) is 0 Å². The number of hydrogen-bond acceptors (Lipinski definition) is 6. The minimum atomic E-state index is -0.921. The molecule has 0 fully saturated rings. The van der Waals surface area contributed by atoms with Crippen LogP contribution in [0.3, 0.4) is 0 Å². The predicted octanol–water partition coefficient (Wildman–Crippen LogP) is 3.36. The molecule has 0 atom stereocenters. The van der Waals surface area contributed by atoms with Gasteiger partial charge in [-0.1, -0.05) is 17.7 Å². The van der Waals surface area contributed by atoms with Crippen molar-refractivity contribution in [1.82, 2.24) is 0 Å². The third-order valence-electron chi connectivity index (χ3n) is 3.35. The number of anilines is 1. The van der Waals surface area contributed by atoms with Gasteiger partial charge >= 0.3 is 5.97 Å². The molecular weight excluding hydrogens is 364 g/mol. The minimum Gasteiger partial charge on any atom is -0.496 e. The van der Waals surface area contributed by atoms with Crippen molar-refractivity contribution in [3.8, 4) is 5.75 Å². The first kappa shape index (κ1) is 19.2. The first-order valence-corrected chi connectivity index (χ1v) is 7.75. The van der Waals surface area contributed by atoms with Crippen LogP contribution in [0.5, 0.6) is 5.75 Å². The van der Waals surface area contributed by atoms with E-state index >= 15 is 0 Å². The van der Waals surface area contributed by atoms with E-state index in [2.05, 4.69) is 5.32 Å². The Hall–Kier alpha value is -3.13. The third-order valence-corrected chi connectivity index (χ3v) is 3.66. The molecule has 0 radical (unpaired) electrons. The van der Waals surface area contributed by atoms with Crippen molar-refractivity contribution in [3.63, 3.8) is 0 Å². The molecule has 26 heavy (non-hydrogen) atoms. The summed E-state index contributed by atoms with van der Waals surface area (Å²) in [4.78, 5) is 34.3. The van der Waals surface area contributed by atoms with Crippen LogP contribution in [0.25, 0.3) is 0 Å². The summed E-state index contributed by atoms with van der Waals surface area (Å²) in [6.45, 7) is 1.26. The van der Waals surface area contributed by atoms with Crippen molar-refractivity contribution < 1.29 is 24.0 Å². The average molecular weight is 379 g/mol. The number of nitrogens with one attached hydrogen (secondary N) is 1. The zero-order chi connectivity index (χ0) is 19.3. The van der Waals surface area contributed by atoms with Crippen molar-refractivity contribution in [3.05, 3.63) is 62.7 Å². The van der Waals surface area contributed by atoms with Crippen LogP contribution >= 0.6 is 11.6 Å². The molecule has 0 bridgehead atoms. The van der Waals surface area contributed by atoms with Crippen LogP contribution in [0.2, 0.25) is 5.02 Å². The zero-order valence-corrected chi connectivity index (χ0v) is 14.7. The number of ether oxygens (including phenoxy) is 2. The van der Waals surface area contributed by atoms with Gasteiger partial charge in [-0.15, -0.1) is 0 Å². The second kappa shape index (κ2) is 8.30. The highest BCUT2D eigenvalue weighted by Crippen LogP contribution is 2.25. The lowest BCUT2D eigenvalue weighted by Crippen LogP contribution is -2.21. The van der Waals surface area contributed by atoms with Crippen LogP contribution in [-0.2, 0) is 9.53 Å². The molecule has 2 aromatic rings. The number of rotatable bonds is 6. The van der Waals surface area contributed by atoms with Gasteiger partial charge in [-0.25, -0.2) is 4.79 Å². The fraction of sp³-hybridized carbons (Fsp3) is 0.176. The Labute approximate surface area is 153 Å². The Morgan fingerprint density at radius 3 is 2.58 bits per heavy atom. The lowest BCUT2D eigenvalue weighted by molar-refractivity contribution is -0.384. The van der Waals surface area contributed by atoms with Crippen molar-refractivity contribution in [1.29, 1.82) is 0 Å². The summed E-state index contributed by atoms with van der Waals surface area (Å²) in [7, 11) is 1.31. The number of amides is 1. The monoisotopic (exact) mass is 378 g/mol. The number of nitrogens with zero attached hydrogens (tertiary/aromatic N) is 1. The van der Waals surface area contributed by atoms with Gasteiger partial charge in [-0.2, -0.15) is 0 Å². The molecule has 2 aromatic carbocycles. The zero-order valence-electron chi connectivity index (χ0n) is 13.9. The van der Waals surface area contributed by atoms with Crippen molar-refractivity contribution in [2.75, 3.05) is 19.0 Å². The standard InChI is InChI=1S/C17H15ClN2O6/c1-10-3-5-14(13(18)7-10)19-16(21)9-26-17(22)12-8-11(20(23)24)4-6-15(12)25-2/h3-8H,9H2,1-2H3,(H,19,21). The van der Waals surface area contributed by atoms with Crippen molar-refractivity contribution in [2.45, 2.75) is 6.92 Å². The molecule has 0 aliphatic carbocycles. The summed E-state index contributed by atoms with van der Waals surface area (Å²) in [5.41, 5.74) is 0.861. The Balaban J connectivity index is 2.05. The maximum atomic E-state index is 12.1. The Kier molecular flexibility index (Phi) is 6.13. The van der Waals surface area contributed by atoms with Gasteiger partial charge in [0.1, 0.15) is 11.3 Å². The topological polar surface area (TPSA) is 108 Å². The summed E-state index contributed by atoms with van der Waals surface area (Å²) in [5.74, 6) is -1.42. The summed E-state index contributed by atoms with van der Waals surface area (Å²) in [5, 5.41) is 13.7. The normalized spacial score (nSPS) is 10.1. The Morgan fingerprint density at radius 2 is 1.96 bits per heavy atom. The molecule has 9 heteroatoms. The summed E-state index contributed by atoms with van der Waals surface area (Å²) < 4.78 is 9.90. The first-order chi connectivity index (χ1) is 12.3. The smallest absolute Gasteiger partial charge is 0.342 e. The fourth-order valence-electron chi connectivity index (χ4n) is 2.09. The predicted molar refractivity (Wildman–Crippen MR) is 94.7 cm³/mol. The van der Waals surface area contributed by atoms with E-state index in [1.807, 2.05) is 6.92 Å². The Morgan fingerprint density at radius 1 is 1.23 bits per heavy atom. The van der Waals surface area contributed by atoms with E-state index < -0.39 is 23.4 Å². The van der Waals surface area contributed by atoms with Gasteiger partial charge in [-0.3, -0.25) is 14.9 Å². The number of carbonyl (C=O) groups is 2. The second-order valence-corrected chi connectivity index (χ2v) is 5.66. The third kappa shape index (κ3) is 4.70. The van der Waals surface area contributed by atoms with Crippen LogP contribution in [-0.4, -0.2) is 30.5 Å². The fourth-order valence-corrected chi connectivity index (χ4v) is 2.37. The molecule has 0 spiro atoms. The Bertz CT molecular complexity index is 868. The maximum absolute atomic E-state index is 12.1. The van der Waals surface area contributed by atoms with E-state index in [0.717, 1.165) is 11.6 Å². The first-order valence-electron chi connectivity index (χ1n) is 7.37. The second-order valence-electron chi connectivity index (χ2n) is 5.25. The van der Waals surface area contributed by atoms with Gasteiger partial charge in [0.25, 0.3) is 11.6 Å². The van der Waals surface area contributed by atoms with Gasteiger partial charge < -0.3 is 14.8 Å². The number of hydrogen-bond donors (Lipinski definition) is 1. The van der Waals surface area contributed by atoms with Crippen LogP contribution in [0.4, 0.5) is 11.4 Å². The van der Waals surface area contributed by atoms with Gasteiger partial charge in [0.05, 0.1) is 22.7 Å². The highest BCUT2D eigenvalue weighted by atomic mass is 35.5. The molecule has 0 heterocycles. The van der Waals surface area contributed by atoms with Crippen LogP contribution < -0.4 is 10.1 Å². The molecule has 1 N–H and O–H groups in total. The molecule has 0 aromatic heterocycles. The number of methoxy groups -OCH3 is 1. The van der Waals surface area contributed by atoms with Crippen molar-refractivity contribution >= 4 is 34.9 Å². The molecule has 136 valence electrons. The van der Waals surface area contributed by atoms with E-state index in [1.165, 1.54) is 19.2 Å². The van der Waals surface area contributed by atoms with Crippen LogP contribution in [0.1, 0.15) is 15.9 Å². The van der Waals surface area contributed by atoms with Gasteiger partial charge in [-0.05, 0) is 30.7 Å². The van der Waals surface area contributed by atoms with E-state index in [0.29, 0.717) is 10.7 Å². The molecule has 0 saturated heterocycles. The number of carbonyl (C=O) groups excluding carboxylic acids is 2. The summed E-state index contributed by atoms with van der Waals surface area (Å²) in [6.07, 6.45) is 0. The van der Waals surface area contributed by atoms with Crippen LogP contribution in [0.15, 0.2) is 36.4 Å². The highest BCUT2D eigenvalue weighted by Gasteiger charge is 2.20. The summed E-state index contributed by atoms with van der Waals surface area (Å²) in [6, 6.07) is 8.57. The van der Waals surface area contributed by atoms with E-state index in [9.17, 15) is 19.7 Å². The lowest BCUT2D eigenvalue weighted by atomic mass is 10.2. The molecule has 0 saturated carbocycles. The minimum absolute atomic E-state index is 0.0996. The van der Waals surface area contributed by atoms with E-state index in [4.69, 9.17) is 21.1 Å². The van der Waals surface area contributed by atoms with Crippen LogP contribution in [0, 0.1) is 17.0 Å². The summed E-state index contributed by atoms with van der Waals surface area (Å²) >= 11 is 6.02. The quantitative estimate of drug-likeness (QED) is 0.469. The number of halogens is 1. The van der Waals surface area contributed by atoms with Gasteiger partial charge in [0.15, 0.2) is 6.61 Å². The van der Waals surface area contributed by atoms with E-state index in [-0.39, 0.29) is 17.0 Å². The number of nitro groups is 1. The number of esters is 1.